The molecular formula is C10H11NO3. The molecule has 1 atom stereocenters. The van der Waals surface area contributed by atoms with Crippen LogP contribution < -0.4 is 5.73 Å². The fraction of sp³-hybridized carbons (Fsp3) is 0.200. The third-order valence-corrected chi connectivity index (χ3v) is 1.90. The van der Waals surface area contributed by atoms with E-state index in [-0.39, 0.29) is 0 Å². The second kappa shape index (κ2) is 3.91. The number of rotatable bonds is 3. The number of benzene rings is 1. The van der Waals surface area contributed by atoms with Crippen molar-refractivity contribution in [3.63, 3.8) is 0 Å². The number of carboxylic acids is 1. The molecule has 0 spiro atoms. The first-order chi connectivity index (χ1) is 6.52. The summed E-state index contributed by atoms with van der Waals surface area (Å²) in [5.41, 5.74) is 6.37. The molecule has 0 aliphatic rings. The Hall–Kier alpha value is -1.84. The van der Waals surface area contributed by atoms with Crippen LogP contribution in [0.2, 0.25) is 0 Å². The fourth-order valence-electron chi connectivity index (χ4n) is 1.29. The van der Waals surface area contributed by atoms with Gasteiger partial charge in [0.25, 0.3) is 0 Å². The van der Waals surface area contributed by atoms with Crippen molar-refractivity contribution < 1.29 is 14.7 Å². The smallest absolute Gasteiger partial charge is 0.318 e. The Balaban J connectivity index is 3.12. The zero-order chi connectivity index (χ0) is 10.7. The summed E-state index contributed by atoms with van der Waals surface area (Å²) >= 11 is 0. The van der Waals surface area contributed by atoms with E-state index in [9.17, 15) is 9.59 Å². The van der Waals surface area contributed by atoms with Crippen molar-refractivity contribution in [2.24, 2.45) is 0 Å². The summed E-state index contributed by atoms with van der Waals surface area (Å²) < 4.78 is 0. The molecule has 4 heteroatoms. The van der Waals surface area contributed by atoms with Crippen molar-refractivity contribution in [3.8, 4) is 0 Å². The molecule has 0 fully saturated rings. The van der Waals surface area contributed by atoms with Crippen LogP contribution in [0.1, 0.15) is 18.4 Å². The Bertz CT molecular complexity index is 359. The van der Waals surface area contributed by atoms with Crippen molar-refractivity contribution in [1.82, 2.24) is 0 Å². The number of ketones is 1. The Morgan fingerprint density at radius 1 is 1.43 bits per heavy atom. The lowest BCUT2D eigenvalue weighted by Gasteiger charge is -2.09. The molecule has 0 radical (unpaired) electrons. The Labute approximate surface area is 81.3 Å². The molecule has 0 aliphatic carbocycles. The maximum atomic E-state index is 11.1. The third kappa shape index (κ3) is 2.10. The molecule has 1 aromatic carbocycles. The predicted octanol–water partition coefficient (Wildman–Crippen LogP) is 1.03. The number of anilines is 1. The normalized spacial score (nSPS) is 12.1. The number of hydrogen-bond donors (Lipinski definition) is 2. The molecule has 3 N–H and O–H groups in total. The summed E-state index contributed by atoms with van der Waals surface area (Å²) in [6, 6.07) is 6.35. The quantitative estimate of drug-likeness (QED) is 0.555. The highest BCUT2D eigenvalue weighted by molar-refractivity contribution is 6.02. The molecule has 0 heterocycles. The first-order valence-electron chi connectivity index (χ1n) is 4.11. The van der Waals surface area contributed by atoms with Crippen LogP contribution >= 0.6 is 0 Å². The molecule has 0 bridgehead atoms. The molecule has 0 aromatic heterocycles. The lowest BCUT2D eigenvalue weighted by Crippen LogP contribution is -2.19. The van der Waals surface area contributed by atoms with Gasteiger partial charge < -0.3 is 10.8 Å². The fourth-order valence-corrected chi connectivity index (χ4v) is 1.29. The van der Waals surface area contributed by atoms with Gasteiger partial charge in [-0.3, -0.25) is 9.59 Å². The zero-order valence-corrected chi connectivity index (χ0v) is 7.73. The van der Waals surface area contributed by atoms with E-state index >= 15 is 0 Å². The van der Waals surface area contributed by atoms with Crippen LogP contribution in [0.3, 0.4) is 0 Å². The number of carbonyl (C=O) groups excluding carboxylic acids is 1. The van der Waals surface area contributed by atoms with Gasteiger partial charge in [0.2, 0.25) is 0 Å². The second-order valence-electron chi connectivity index (χ2n) is 3.05. The minimum Gasteiger partial charge on any atom is -0.480 e. The molecule has 14 heavy (non-hydrogen) atoms. The largest absolute Gasteiger partial charge is 0.480 e. The predicted molar refractivity (Wildman–Crippen MR) is 51.9 cm³/mol. The lowest BCUT2D eigenvalue weighted by atomic mass is 9.95. The molecule has 0 amide bonds. The number of aliphatic carboxylic acids is 1. The topological polar surface area (TPSA) is 80.4 Å². The number of hydrogen-bond acceptors (Lipinski definition) is 3. The van der Waals surface area contributed by atoms with Crippen LogP contribution in [0.15, 0.2) is 24.3 Å². The molecule has 1 unspecified atom stereocenters. The van der Waals surface area contributed by atoms with Gasteiger partial charge in [0.15, 0.2) is 0 Å². The van der Waals surface area contributed by atoms with Gasteiger partial charge in [-0.1, -0.05) is 12.1 Å². The van der Waals surface area contributed by atoms with E-state index in [2.05, 4.69) is 0 Å². The Morgan fingerprint density at radius 2 is 2.07 bits per heavy atom. The molecule has 0 saturated heterocycles. The number of Topliss-reactive ketones (excluding diaryl/α,β-unsaturated/α-hetero) is 1. The molecule has 74 valence electrons. The van der Waals surface area contributed by atoms with E-state index in [1.807, 2.05) is 0 Å². The van der Waals surface area contributed by atoms with Crippen LogP contribution in [0.25, 0.3) is 0 Å². The van der Waals surface area contributed by atoms with Gasteiger partial charge in [0.05, 0.1) is 0 Å². The highest BCUT2D eigenvalue weighted by Gasteiger charge is 2.24. The third-order valence-electron chi connectivity index (χ3n) is 1.90. The average molecular weight is 193 g/mol. The van der Waals surface area contributed by atoms with E-state index < -0.39 is 17.7 Å². The standard InChI is InChI=1S/C10H11NO3/c1-6(12)9(10(13)14)7-3-2-4-8(11)5-7/h2-5,9H,11H2,1H3,(H,13,14). The highest BCUT2D eigenvalue weighted by atomic mass is 16.4. The molecular weight excluding hydrogens is 182 g/mol. The SMILES string of the molecule is CC(=O)C(C(=O)O)c1cccc(N)c1. The number of carboxylic acid groups (broad SMARTS) is 1. The van der Waals surface area contributed by atoms with Crippen LogP contribution in [-0.2, 0) is 9.59 Å². The minimum absolute atomic E-state index is 0.400. The van der Waals surface area contributed by atoms with Crippen molar-refractivity contribution in [3.05, 3.63) is 29.8 Å². The Morgan fingerprint density at radius 3 is 2.50 bits per heavy atom. The number of carbonyl (C=O) groups is 2. The summed E-state index contributed by atoms with van der Waals surface area (Å²) in [5.74, 6) is -2.66. The highest BCUT2D eigenvalue weighted by Crippen LogP contribution is 2.19. The van der Waals surface area contributed by atoms with Gasteiger partial charge in [-0.15, -0.1) is 0 Å². The monoisotopic (exact) mass is 193 g/mol. The summed E-state index contributed by atoms with van der Waals surface area (Å²) in [7, 11) is 0. The van der Waals surface area contributed by atoms with Crippen molar-refractivity contribution >= 4 is 17.4 Å². The van der Waals surface area contributed by atoms with Gasteiger partial charge in [-0.2, -0.15) is 0 Å². The maximum Gasteiger partial charge on any atom is 0.318 e. The lowest BCUT2D eigenvalue weighted by molar-refractivity contribution is -0.142. The van der Waals surface area contributed by atoms with Crippen molar-refractivity contribution in [1.29, 1.82) is 0 Å². The molecule has 4 nitrogen and oxygen atoms in total. The van der Waals surface area contributed by atoms with Crippen LogP contribution in [0.4, 0.5) is 5.69 Å². The van der Waals surface area contributed by atoms with E-state index in [1.165, 1.54) is 13.0 Å². The van der Waals surface area contributed by atoms with E-state index in [1.54, 1.807) is 18.2 Å². The van der Waals surface area contributed by atoms with Gasteiger partial charge in [0, 0.05) is 5.69 Å². The van der Waals surface area contributed by atoms with Gasteiger partial charge in [0.1, 0.15) is 11.7 Å². The molecule has 0 aliphatic heterocycles. The van der Waals surface area contributed by atoms with Crippen LogP contribution in [0, 0.1) is 0 Å². The summed E-state index contributed by atoms with van der Waals surface area (Å²) in [6.07, 6.45) is 0. The minimum atomic E-state index is -1.15. The summed E-state index contributed by atoms with van der Waals surface area (Å²) in [6.45, 7) is 1.25. The number of nitrogen functional groups attached to an aromatic ring is 1. The first-order valence-corrected chi connectivity index (χ1v) is 4.11. The van der Waals surface area contributed by atoms with Crippen molar-refractivity contribution in [2.75, 3.05) is 5.73 Å². The van der Waals surface area contributed by atoms with Gasteiger partial charge >= 0.3 is 5.97 Å². The molecule has 1 aromatic rings. The maximum absolute atomic E-state index is 11.1. The van der Waals surface area contributed by atoms with Gasteiger partial charge in [-0.05, 0) is 24.6 Å². The Kier molecular flexibility index (Phi) is 2.86. The van der Waals surface area contributed by atoms with Crippen LogP contribution in [0.5, 0.6) is 0 Å². The van der Waals surface area contributed by atoms with E-state index in [0.29, 0.717) is 11.3 Å². The van der Waals surface area contributed by atoms with Gasteiger partial charge in [-0.25, -0.2) is 0 Å². The summed E-state index contributed by atoms with van der Waals surface area (Å²) in [5, 5.41) is 8.83. The van der Waals surface area contributed by atoms with Crippen LogP contribution in [-0.4, -0.2) is 16.9 Å². The zero-order valence-electron chi connectivity index (χ0n) is 7.73. The average Bonchev–Trinajstić information content (AvgIpc) is 2.02. The van der Waals surface area contributed by atoms with E-state index in [4.69, 9.17) is 10.8 Å². The number of nitrogens with two attached hydrogens (primary N) is 1. The van der Waals surface area contributed by atoms with E-state index in [0.717, 1.165) is 0 Å². The second-order valence-corrected chi connectivity index (χ2v) is 3.05. The van der Waals surface area contributed by atoms with Crippen molar-refractivity contribution in [2.45, 2.75) is 12.8 Å². The summed E-state index contributed by atoms with van der Waals surface area (Å²) in [4.78, 5) is 21.9. The molecule has 0 saturated carbocycles. The molecule has 1 rings (SSSR count). The first kappa shape index (κ1) is 10.2.